The zero-order valence-corrected chi connectivity index (χ0v) is 10.7. The monoisotopic (exact) mass is 248 g/mol. The van der Waals surface area contributed by atoms with Gasteiger partial charge < -0.3 is 4.57 Å². The van der Waals surface area contributed by atoms with Crippen molar-refractivity contribution in [2.45, 2.75) is 32.7 Å². The van der Waals surface area contributed by atoms with Crippen LogP contribution in [0.4, 0.5) is 0 Å². The average Bonchev–Trinajstić information content (AvgIpc) is 2.70. The number of aryl methyl sites for hydroxylation is 2. The molecule has 2 aromatic rings. The average molecular weight is 248 g/mol. The van der Waals surface area contributed by atoms with Crippen LogP contribution in [0.2, 0.25) is 0 Å². The molecule has 17 heavy (non-hydrogen) atoms. The Kier molecular flexibility index (Phi) is 4.03. The van der Waals surface area contributed by atoms with Gasteiger partial charge in [0.15, 0.2) is 4.77 Å². The molecule has 0 amide bonds. The zero-order valence-electron chi connectivity index (χ0n) is 9.89. The summed E-state index contributed by atoms with van der Waals surface area (Å²) in [6, 6.07) is 5.97. The molecule has 0 aliphatic rings. The maximum absolute atomic E-state index is 5.20. The molecule has 0 saturated carbocycles. The molecule has 90 valence electrons. The predicted octanol–water partition coefficient (Wildman–Crippen LogP) is 2.53. The molecule has 2 aromatic heterocycles. The van der Waals surface area contributed by atoms with Crippen molar-refractivity contribution in [3.05, 3.63) is 40.7 Å². The lowest BCUT2D eigenvalue weighted by molar-refractivity contribution is 0.626. The third kappa shape index (κ3) is 3.00. The lowest BCUT2D eigenvalue weighted by Gasteiger charge is -2.04. The summed E-state index contributed by atoms with van der Waals surface area (Å²) >= 11 is 5.20. The molecule has 2 rings (SSSR count). The molecule has 0 aliphatic heterocycles. The molecule has 0 atom stereocenters. The van der Waals surface area contributed by atoms with Gasteiger partial charge in [-0.3, -0.25) is 10.1 Å². The number of rotatable bonds is 5. The summed E-state index contributed by atoms with van der Waals surface area (Å²) in [6.45, 7) is 3.06. The van der Waals surface area contributed by atoms with Gasteiger partial charge in [0.05, 0.1) is 0 Å². The fourth-order valence-corrected chi connectivity index (χ4v) is 2.02. The SMILES string of the molecule is CCCn1c(CCc2ccccn2)n[nH]c1=S. The number of hydrogen-bond donors (Lipinski definition) is 1. The van der Waals surface area contributed by atoms with E-state index >= 15 is 0 Å². The van der Waals surface area contributed by atoms with Gasteiger partial charge >= 0.3 is 0 Å². The van der Waals surface area contributed by atoms with Gasteiger partial charge in [0, 0.05) is 24.9 Å². The van der Waals surface area contributed by atoms with Gasteiger partial charge in [-0.05, 0) is 37.2 Å². The molecule has 1 N–H and O–H groups in total. The Morgan fingerprint density at radius 3 is 2.94 bits per heavy atom. The van der Waals surface area contributed by atoms with Crippen LogP contribution in [0.15, 0.2) is 24.4 Å². The fourth-order valence-electron chi connectivity index (χ4n) is 1.78. The topological polar surface area (TPSA) is 46.5 Å². The van der Waals surface area contributed by atoms with Crippen LogP contribution in [0.5, 0.6) is 0 Å². The van der Waals surface area contributed by atoms with Crippen molar-refractivity contribution >= 4 is 12.2 Å². The molecule has 0 bridgehead atoms. The highest BCUT2D eigenvalue weighted by Crippen LogP contribution is 2.05. The Hall–Kier alpha value is -1.49. The molecule has 0 aromatic carbocycles. The molecule has 0 spiro atoms. The van der Waals surface area contributed by atoms with Crippen molar-refractivity contribution in [2.75, 3.05) is 0 Å². The minimum atomic E-state index is 0.711. The van der Waals surface area contributed by atoms with Crippen molar-refractivity contribution in [1.29, 1.82) is 0 Å². The smallest absolute Gasteiger partial charge is 0.195 e. The molecule has 0 saturated heterocycles. The van der Waals surface area contributed by atoms with Gasteiger partial charge in [0.2, 0.25) is 0 Å². The van der Waals surface area contributed by atoms with Crippen molar-refractivity contribution in [3.8, 4) is 0 Å². The number of pyridine rings is 1. The van der Waals surface area contributed by atoms with Crippen LogP contribution in [0.25, 0.3) is 0 Å². The Balaban J connectivity index is 2.07. The van der Waals surface area contributed by atoms with E-state index in [1.54, 1.807) is 0 Å². The maximum atomic E-state index is 5.20. The lowest BCUT2D eigenvalue weighted by atomic mass is 10.2. The van der Waals surface area contributed by atoms with E-state index < -0.39 is 0 Å². The van der Waals surface area contributed by atoms with Crippen molar-refractivity contribution < 1.29 is 0 Å². The predicted molar refractivity (Wildman–Crippen MR) is 69.3 cm³/mol. The Bertz CT molecular complexity index is 515. The molecule has 2 heterocycles. The van der Waals surface area contributed by atoms with Gasteiger partial charge in [-0.2, -0.15) is 5.10 Å². The summed E-state index contributed by atoms with van der Waals surface area (Å²) in [4.78, 5) is 4.30. The highest BCUT2D eigenvalue weighted by molar-refractivity contribution is 7.71. The summed E-state index contributed by atoms with van der Waals surface area (Å²) in [5.41, 5.74) is 1.09. The minimum Gasteiger partial charge on any atom is -0.304 e. The second-order valence-corrected chi connectivity index (χ2v) is 4.30. The standard InChI is InChI=1S/C12H16N4S/c1-2-9-16-11(14-15-12(16)17)7-6-10-5-3-4-8-13-10/h3-5,8H,2,6-7,9H2,1H3,(H,15,17). The van der Waals surface area contributed by atoms with Crippen LogP contribution >= 0.6 is 12.2 Å². The normalized spacial score (nSPS) is 10.6. The number of aromatic nitrogens is 4. The first-order valence-electron chi connectivity index (χ1n) is 5.85. The molecule has 4 nitrogen and oxygen atoms in total. The summed E-state index contributed by atoms with van der Waals surface area (Å²) in [7, 11) is 0. The van der Waals surface area contributed by atoms with Crippen LogP contribution in [0.1, 0.15) is 24.9 Å². The zero-order chi connectivity index (χ0) is 12.1. The highest BCUT2D eigenvalue weighted by Gasteiger charge is 2.05. The van der Waals surface area contributed by atoms with Crippen molar-refractivity contribution in [3.63, 3.8) is 0 Å². The third-order valence-electron chi connectivity index (χ3n) is 2.62. The van der Waals surface area contributed by atoms with E-state index in [1.807, 2.05) is 24.4 Å². The van der Waals surface area contributed by atoms with Crippen LogP contribution in [0.3, 0.4) is 0 Å². The second kappa shape index (κ2) is 5.72. The molecule has 5 heteroatoms. The Labute approximate surface area is 106 Å². The second-order valence-electron chi connectivity index (χ2n) is 3.92. The number of H-pyrrole nitrogens is 1. The third-order valence-corrected chi connectivity index (χ3v) is 2.93. The summed E-state index contributed by atoms with van der Waals surface area (Å²) in [5.74, 6) is 1.02. The number of nitrogens with one attached hydrogen (secondary N) is 1. The quantitative estimate of drug-likeness (QED) is 0.827. The molecule has 0 aliphatic carbocycles. The minimum absolute atomic E-state index is 0.711. The summed E-state index contributed by atoms with van der Waals surface area (Å²) in [6.07, 6.45) is 4.64. The van der Waals surface area contributed by atoms with E-state index in [4.69, 9.17) is 12.2 Å². The van der Waals surface area contributed by atoms with E-state index in [9.17, 15) is 0 Å². The van der Waals surface area contributed by atoms with E-state index in [2.05, 4.69) is 26.7 Å². The van der Waals surface area contributed by atoms with E-state index in [1.165, 1.54) is 0 Å². The highest BCUT2D eigenvalue weighted by atomic mass is 32.1. The van der Waals surface area contributed by atoms with Crippen LogP contribution in [-0.4, -0.2) is 19.7 Å². The van der Waals surface area contributed by atoms with Gasteiger partial charge in [0.1, 0.15) is 5.82 Å². The maximum Gasteiger partial charge on any atom is 0.195 e. The first-order chi connectivity index (χ1) is 8.31. The Morgan fingerprint density at radius 1 is 1.35 bits per heavy atom. The number of hydrogen-bond acceptors (Lipinski definition) is 3. The van der Waals surface area contributed by atoms with Gasteiger partial charge in [-0.1, -0.05) is 13.0 Å². The number of nitrogens with zero attached hydrogens (tertiary/aromatic N) is 3. The van der Waals surface area contributed by atoms with Crippen LogP contribution < -0.4 is 0 Å². The largest absolute Gasteiger partial charge is 0.304 e. The van der Waals surface area contributed by atoms with E-state index in [0.29, 0.717) is 4.77 Å². The van der Waals surface area contributed by atoms with Gasteiger partial charge in [-0.15, -0.1) is 0 Å². The van der Waals surface area contributed by atoms with Crippen molar-refractivity contribution in [1.82, 2.24) is 19.7 Å². The summed E-state index contributed by atoms with van der Waals surface area (Å²) in [5, 5.41) is 7.12. The van der Waals surface area contributed by atoms with Crippen LogP contribution in [0, 0.1) is 4.77 Å². The first kappa shape index (κ1) is 12.0. The van der Waals surface area contributed by atoms with Crippen LogP contribution in [-0.2, 0) is 19.4 Å². The molecule has 0 radical (unpaired) electrons. The summed E-state index contributed by atoms with van der Waals surface area (Å²) < 4.78 is 2.78. The van der Waals surface area contributed by atoms with Crippen molar-refractivity contribution in [2.24, 2.45) is 0 Å². The van der Waals surface area contributed by atoms with E-state index in [-0.39, 0.29) is 0 Å². The molecule has 0 fully saturated rings. The molecular weight excluding hydrogens is 232 g/mol. The van der Waals surface area contributed by atoms with E-state index in [0.717, 1.165) is 37.3 Å². The fraction of sp³-hybridized carbons (Fsp3) is 0.417. The van der Waals surface area contributed by atoms with Gasteiger partial charge in [-0.25, -0.2) is 0 Å². The van der Waals surface area contributed by atoms with Gasteiger partial charge in [0.25, 0.3) is 0 Å². The Morgan fingerprint density at radius 2 is 2.24 bits per heavy atom. The lowest BCUT2D eigenvalue weighted by Crippen LogP contribution is -2.05. The first-order valence-corrected chi connectivity index (χ1v) is 6.26. The number of aromatic amines is 1. The molecular formula is C12H16N4S. The molecule has 0 unspecified atom stereocenters.